The van der Waals surface area contributed by atoms with Gasteiger partial charge in [-0.2, -0.15) is 4.31 Å². The van der Waals surface area contributed by atoms with E-state index in [1.807, 2.05) is 48.5 Å². The summed E-state index contributed by atoms with van der Waals surface area (Å²) in [6, 6.07) is 21.4. The Morgan fingerprint density at radius 1 is 1.00 bits per heavy atom. The lowest BCUT2D eigenvalue weighted by molar-refractivity contribution is 0.0933. The quantitative estimate of drug-likeness (QED) is 0.269. The van der Waals surface area contributed by atoms with Gasteiger partial charge in [0.25, 0.3) is 5.91 Å². The molecule has 1 aliphatic heterocycles. The van der Waals surface area contributed by atoms with Gasteiger partial charge < -0.3 is 9.64 Å². The van der Waals surface area contributed by atoms with Gasteiger partial charge in [-0.1, -0.05) is 57.6 Å². The molecule has 0 radical (unpaired) electrons. The molecule has 0 atom stereocenters. The Morgan fingerprint density at radius 3 is 2.38 bits per heavy atom. The molecule has 3 aromatic carbocycles. The molecule has 1 aliphatic rings. The maximum absolute atomic E-state index is 13.8. The second-order valence-corrected chi connectivity index (χ2v) is 13.0. The van der Waals surface area contributed by atoms with Gasteiger partial charge in [-0.3, -0.25) is 9.69 Å². The van der Waals surface area contributed by atoms with Gasteiger partial charge in [-0.05, 0) is 55.0 Å². The molecule has 0 aliphatic carbocycles. The van der Waals surface area contributed by atoms with Crippen LogP contribution >= 0.6 is 27.3 Å². The van der Waals surface area contributed by atoms with Gasteiger partial charge in [-0.25, -0.2) is 18.2 Å². The van der Waals surface area contributed by atoms with Crippen LogP contribution in [0.1, 0.15) is 22.8 Å². The summed E-state index contributed by atoms with van der Waals surface area (Å²) in [7, 11) is -3.79. The standard InChI is InChI=1S/C28H27BrN4O5S2/c1-2-38-28(35)31-14-16-32(17-15-31)40(36,37)23-11-8-21(9-12-23)26(34)33(19-20-6-4-3-5-7-20)27-30-24-13-10-22(29)18-25(24)39-27/h3-13,18H,2,14-17,19H2,1H3. The van der Waals surface area contributed by atoms with Crippen LogP contribution in [0.2, 0.25) is 0 Å². The number of thiazole rings is 1. The molecule has 1 fully saturated rings. The van der Waals surface area contributed by atoms with Crippen molar-refractivity contribution in [1.29, 1.82) is 0 Å². The molecule has 5 rings (SSSR count). The third-order valence-corrected chi connectivity index (χ3v) is 9.95. The zero-order valence-corrected chi connectivity index (χ0v) is 24.9. The van der Waals surface area contributed by atoms with Gasteiger partial charge in [0.2, 0.25) is 10.0 Å². The van der Waals surface area contributed by atoms with Crippen molar-refractivity contribution in [2.45, 2.75) is 18.4 Å². The number of rotatable bonds is 7. The second kappa shape index (κ2) is 12.0. The van der Waals surface area contributed by atoms with Crippen LogP contribution in [0.15, 0.2) is 82.2 Å². The highest BCUT2D eigenvalue weighted by molar-refractivity contribution is 9.10. The van der Waals surface area contributed by atoms with Crippen molar-refractivity contribution in [1.82, 2.24) is 14.2 Å². The number of nitrogens with zero attached hydrogens (tertiary/aromatic N) is 4. The molecule has 1 aromatic heterocycles. The summed E-state index contributed by atoms with van der Waals surface area (Å²) in [4.78, 5) is 33.7. The van der Waals surface area contributed by atoms with E-state index in [0.29, 0.717) is 17.2 Å². The predicted octanol–water partition coefficient (Wildman–Crippen LogP) is 5.37. The Labute approximate surface area is 245 Å². The third kappa shape index (κ3) is 6.04. The molecule has 4 aromatic rings. The Balaban J connectivity index is 1.37. The average Bonchev–Trinajstić information content (AvgIpc) is 3.39. The number of fused-ring (bicyclic) bond motifs is 1. The highest BCUT2D eigenvalue weighted by Gasteiger charge is 2.31. The van der Waals surface area contributed by atoms with Gasteiger partial charge >= 0.3 is 6.09 Å². The number of hydrogen-bond acceptors (Lipinski definition) is 7. The van der Waals surface area contributed by atoms with E-state index in [2.05, 4.69) is 15.9 Å². The van der Waals surface area contributed by atoms with E-state index in [1.165, 1.54) is 44.8 Å². The highest BCUT2D eigenvalue weighted by atomic mass is 79.9. The van der Waals surface area contributed by atoms with E-state index >= 15 is 0 Å². The third-order valence-electron chi connectivity index (χ3n) is 6.50. The van der Waals surface area contributed by atoms with Crippen LogP contribution in [0.4, 0.5) is 9.93 Å². The first kappa shape index (κ1) is 28.2. The van der Waals surface area contributed by atoms with Gasteiger partial charge in [0.1, 0.15) is 0 Å². The van der Waals surface area contributed by atoms with Crippen molar-refractivity contribution >= 4 is 64.6 Å². The number of ether oxygens (including phenoxy) is 1. The van der Waals surface area contributed by atoms with Crippen molar-refractivity contribution in [2.75, 3.05) is 37.7 Å². The zero-order valence-electron chi connectivity index (χ0n) is 21.7. The fourth-order valence-electron chi connectivity index (χ4n) is 4.39. The minimum absolute atomic E-state index is 0.0908. The minimum Gasteiger partial charge on any atom is -0.450 e. The number of hydrogen-bond donors (Lipinski definition) is 0. The molecule has 0 saturated carbocycles. The number of halogens is 1. The predicted molar refractivity (Wildman–Crippen MR) is 158 cm³/mol. The molecular weight excluding hydrogens is 616 g/mol. The van der Waals surface area contributed by atoms with E-state index in [-0.39, 0.29) is 43.6 Å². The van der Waals surface area contributed by atoms with Crippen molar-refractivity contribution in [2.24, 2.45) is 0 Å². The lowest BCUT2D eigenvalue weighted by Gasteiger charge is -2.33. The summed E-state index contributed by atoms with van der Waals surface area (Å²) in [5.41, 5.74) is 2.08. The van der Waals surface area contributed by atoms with Gasteiger partial charge in [-0.15, -0.1) is 0 Å². The lowest BCUT2D eigenvalue weighted by atomic mass is 10.1. The monoisotopic (exact) mass is 642 g/mol. The number of carbonyl (C=O) groups excluding carboxylic acids is 2. The van der Waals surface area contributed by atoms with Crippen molar-refractivity contribution in [3.63, 3.8) is 0 Å². The van der Waals surface area contributed by atoms with Crippen LogP contribution < -0.4 is 4.90 Å². The maximum Gasteiger partial charge on any atom is 0.409 e. The average molecular weight is 644 g/mol. The van der Waals surface area contributed by atoms with Crippen LogP contribution in [-0.4, -0.2) is 67.4 Å². The first-order valence-electron chi connectivity index (χ1n) is 12.7. The van der Waals surface area contributed by atoms with E-state index < -0.39 is 16.1 Å². The SMILES string of the molecule is CCOC(=O)N1CCN(S(=O)(=O)c2ccc(C(=O)N(Cc3ccccc3)c3nc4ccc(Br)cc4s3)cc2)CC1. The Kier molecular flexibility index (Phi) is 8.50. The van der Waals surface area contributed by atoms with Crippen molar-refractivity contribution in [3.05, 3.63) is 88.4 Å². The largest absolute Gasteiger partial charge is 0.450 e. The molecule has 0 unspecified atom stereocenters. The van der Waals surface area contributed by atoms with Gasteiger partial charge in [0, 0.05) is 36.2 Å². The first-order chi connectivity index (χ1) is 19.3. The normalized spacial score (nSPS) is 14.3. The summed E-state index contributed by atoms with van der Waals surface area (Å²) >= 11 is 4.91. The highest BCUT2D eigenvalue weighted by Crippen LogP contribution is 2.33. The molecule has 0 spiro atoms. The van der Waals surface area contributed by atoms with E-state index in [9.17, 15) is 18.0 Å². The van der Waals surface area contributed by atoms with Crippen LogP contribution in [0, 0.1) is 0 Å². The molecule has 12 heteroatoms. The number of aromatic nitrogens is 1. The maximum atomic E-state index is 13.8. The van der Waals surface area contributed by atoms with Crippen molar-refractivity contribution < 1.29 is 22.7 Å². The molecule has 2 heterocycles. The number of benzene rings is 3. The van der Waals surface area contributed by atoms with E-state index in [1.54, 1.807) is 11.8 Å². The summed E-state index contributed by atoms with van der Waals surface area (Å²) in [6.45, 7) is 3.14. The number of sulfonamides is 1. The van der Waals surface area contributed by atoms with E-state index in [0.717, 1.165) is 20.3 Å². The second-order valence-electron chi connectivity index (χ2n) is 9.10. The number of carbonyl (C=O) groups is 2. The number of anilines is 1. The summed E-state index contributed by atoms with van der Waals surface area (Å²) in [5, 5.41) is 0.554. The Bertz CT molecular complexity index is 1620. The summed E-state index contributed by atoms with van der Waals surface area (Å²) in [5.74, 6) is -0.283. The summed E-state index contributed by atoms with van der Waals surface area (Å²) in [6.07, 6.45) is -0.441. The number of amides is 2. The molecule has 2 amide bonds. The minimum atomic E-state index is -3.79. The molecular formula is C28H27BrN4O5S2. The molecule has 40 heavy (non-hydrogen) atoms. The van der Waals surface area contributed by atoms with Gasteiger partial charge in [0.15, 0.2) is 5.13 Å². The molecule has 0 N–H and O–H groups in total. The Hall–Kier alpha value is -3.32. The van der Waals surface area contributed by atoms with E-state index in [4.69, 9.17) is 9.72 Å². The number of piperazine rings is 1. The van der Waals surface area contributed by atoms with Gasteiger partial charge in [0.05, 0.1) is 28.3 Å². The van der Waals surface area contributed by atoms with Crippen molar-refractivity contribution in [3.8, 4) is 0 Å². The van der Waals surface area contributed by atoms with Crippen LogP contribution in [-0.2, 0) is 21.3 Å². The topological polar surface area (TPSA) is 100 Å². The molecule has 208 valence electrons. The Morgan fingerprint density at radius 2 is 1.70 bits per heavy atom. The molecule has 0 bridgehead atoms. The summed E-state index contributed by atoms with van der Waals surface area (Å²) < 4.78 is 34.8. The fraction of sp³-hybridized carbons (Fsp3) is 0.250. The molecule has 1 saturated heterocycles. The van der Waals surface area contributed by atoms with Crippen LogP contribution in [0.25, 0.3) is 10.2 Å². The van der Waals surface area contributed by atoms with Crippen LogP contribution in [0.3, 0.4) is 0 Å². The lowest BCUT2D eigenvalue weighted by Crippen LogP contribution is -2.50. The fourth-order valence-corrected chi connectivity index (χ4v) is 7.33. The zero-order chi connectivity index (χ0) is 28.3. The van der Waals surface area contributed by atoms with Crippen LogP contribution in [0.5, 0.6) is 0 Å². The first-order valence-corrected chi connectivity index (χ1v) is 15.7. The smallest absolute Gasteiger partial charge is 0.409 e. The molecule has 9 nitrogen and oxygen atoms in total.